The molecule has 0 aliphatic rings. The van der Waals surface area contributed by atoms with E-state index in [1.54, 1.807) is 0 Å². The summed E-state index contributed by atoms with van der Waals surface area (Å²) >= 11 is 7.14. The summed E-state index contributed by atoms with van der Waals surface area (Å²) in [6.45, 7) is 2.23. The Morgan fingerprint density at radius 1 is 1.32 bits per heavy atom. The molecule has 102 valence electrons. The van der Waals surface area contributed by atoms with E-state index in [0.29, 0.717) is 12.2 Å². The number of aromatic nitrogens is 1. The Kier molecular flexibility index (Phi) is 4.01. The van der Waals surface area contributed by atoms with Crippen molar-refractivity contribution in [3.8, 4) is 0 Å². The molecule has 0 bridgehead atoms. The average Bonchev–Trinajstić information content (AvgIpc) is 2.71. The van der Waals surface area contributed by atoms with Gasteiger partial charge in [0.15, 0.2) is 0 Å². The molecule has 1 N–H and O–H groups in total. The summed E-state index contributed by atoms with van der Waals surface area (Å²) in [5, 5.41) is 5.64. The van der Waals surface area contributed by atoms with Gasteiger partial charge in [0.05, 0.1) is 12.1 Å². The van der Waals surface area contributed by atoms with Gasteiger partial charge in [-0.25, -0.2) is 4.98 Å². The van der Waals surface area contributed by atoms with Crippen molar-refractivity contribution in [2.24, 2.45) is 0 Å². The minimum atomic E-state index is -4.40. The number of rotatable bonds is 3. The lowest BCUT2D eigenvalue weighted by molar-refractivity contribution is -0.137. The van der Waals surface area contributed by atoms with Crippen LogP contribution in [-0.4, -0.2) is 4.98 Å². The molecule has 0 saturated carbocycles. The van der Waals surface area contributed by atoms with E-state index in [2.05, 4.69) is 10.3 Å². The summed E-state index contributed by atoms with van der Waals surface area (Å²) in [5.74, 6) is 0. The van der Waals surface area contributed by atoms with E-state index in [1.807, 2.05) is 12.3 Å². The van der Waals surface area contributed by atoms with Crippen molar-refractivity contribution in [1.82, 2.24) is 4.98 Å². The number of aryl methyl sites for hydroxylation is 1. The number of nitrogens with zero attached hydrogens (tertiary/aromatic N) is 1. The first-order chi connectivity index (χ1) is 8.84. The second-order valence-electron chi connectivity index (χ2n) is 3.96. The normalized spacial score (nSPS) is 11.6. The zero-order valence-electron chi connectivity index (χ0n) is 9.88. The molecule has 0 atom stereocenters. The molecule has 0 radical (unpaired) electrons. The number of halogens is 4. The lowest BCUT2D eigenvalue weighted by Crippen LogP contribution is -2.06. The van der Waals surface area contributed by atoms with Gasteiger partial charge in [-0.05, 0) is 25.1 Å². The van der Waals surface area contributed by atoms with Crippen LogP contribution in [0.15, 0.2) is 23.6 Å². The zero-order chi connectivity index (χ0) is 14.0. The highest BCUT2D eigenvalue weighted by atomic mass is 35.5. The largest absolute Gasteiger partial charge is 0.416 e. The second kappa shape index (κ2) is 5.38. The van der Waals surface area contributed by atoms with Crippen LogP contribution < -0.4 is 5.32 Å². The van der Waals surface area contributed by atoms with Crippen molar-refractivity contribution in [1.29, 1.82) is 0 Å². The monoisotopic (exact) mass is 306 g/mol. The van der Waals surface area contributed by atoms with E-state index in [-0.39, 0.29) is 5.02 Å². The Bertz CT molecular complexity index is 581. The minimum absolute atomic E-state index is 0.0487. The number of thiazole rings is 1. The van der Waals surface area contributed by atoms with Crippen LogP contribution in [0.1, 0.15) is 16.3 Å². The molecule has 2 rings (SSSR count). The van der Waals surface area contributed by atoms with Crippen LogP contribution in [0.3, 0.4) is 0 Å². The van der Waals surface area contributed by atoms with E-state index < -0.39 is 11.7 Å². The minimum Gasteiger partial charge on any atom is -0.378 e. The van der Waals surface area contributed by atoms with Crippen molar-refractivity contribution in [2.45, 2.75) is 19.6 Å². The number of hydrogen-bond acceptors (Lipinski definition) is 3. The maximum atomic E-state index is 12.6. The molecule has 1 aromatic heterocycles. The van der Waals surface area contributed by atoms with Gasteiger partial charge in [0.1, 0.15) is 5.01 Å². The highest BCUT2D eigenvalue weighted by Crippen LogP contribution is 2.33. The molecular weight excluding hydrogens is 297 g/mol. The van der Waals surface area contributed by atoms with Gasteiger partial charge in [-0.3, -0.25) is 0 Å². The number of nitrogens with one attached hydrogen (secondary N) is 1. The molecule has 19 heavy (non-hydrogen) atoms. The summed E-state index contributed by atoms with van der Waals surface area (Å²) < 4.78 is 37.9. The molecule has 0 amide bonds. The molecule has 0 unspecified atom stereocenters. The van der Waals surface area contributed by atoms with Crippen LogP contribution in [-0.2, 0) is 12.7 Å². The Morgan fingerprint density at radius 2 is 2.05 bits per heavy atom. The fraction of sp³-hybridized carbons (Fsp3) is 0.250. The van der Waals surface area contributed by atoms with Crippen LogP contribution in [0.25, 0.3) is 0 Å². The van der Waals surface area contributed by atoms with Gasteiger partial charge < -0.3 is 5.32 Å². The van der Waals surface area contributed by atoms with Crippen molar-refractivity contribution in [3.05, 3.63) is 44.9 Å². The summed E-state index contributed by atoms with van der Waals surface area (Å²) in [6, 6.07) is 3.39. The number of alkyl halides is 3. The van der Waals surface area contributed by atoms with Crippen LogP contribution in [0.4, 0.5) is 18.9 Å². The van der Waals surface area contributed by atoms with Gasteiger partial charge in [0.25, 0.3) is 0 Å². The van der Waals surface area contributed by atoms with E-state index in [0.717, 1.165) is 22.8 Å². The van der Waals surface area contributed by atoms with Crippen molar-refractivity contribution in [2.75, 3.05) is 5.32 Å². The molecule has 1 aromatic carbocycles. The lowest BCUT2D eigenvalue weighted by atomic mass is 10.2. The van der Waals surface area contributed by atoms with Crippen LogP contribution >= 0.6 is 22.9 Å². The van der Waals surface area contributed by atoms with Crippen molar-refractivity contribution >= 4 is 28.6 Å². The summed E-state index contributed by atoms with van der Waals surface area (Å²) in [4.78, 5) is 4.22. The molecular formula is C12H10ClF3N2S. The Morgan fingerprint density at radius 3 is 2.63 bits per heavy atom. The highest BCUT2D eigenvalue weighted by molar-refractivity contribution is 7.09. The number of anilines is 1. The van der Waals surface area contributed by atoms with Crippen molar-refractivity contribution in [3.63, 3.8) is 0 Å². The van der Waals surface area contributed by atoms with Crippen molar-refractivity contribution < 1.29 is 13.2 Å². The fourth-order valence-electron chi connectivity index (χ4n) is 1.52. The highest BCUT2D eigenvalue weighted by Gasteiger charge is 2.31. The third-order valence-electron chi connectivity index (χ3n) is 2.34. The van der Waals surface area contributed by atoms with E-state index in [1.165, 1.54) is 17.4 Å². The van der Waals surface area contributed by atoms with E-state index in [4.69, 9.17) is 11.6 Å². The third kappa shape index (κ3) is 3.84. The predicted molar refractivity (Wildman–Crippen MR) is 70.6 cm³/mol. The van der Waals surface area contributed by atoms with E-state index in [9.17, 15) is 13.2 Å². The molecule has 0 aliphatic heterocycles. The fourth-order valence-corrected chi connectivity index (χ4v) is 2.46. The average molecular weight is 307 g/mol. The van der Waals surface area contributed by atoms with Gasteiger partial charge in [0.2, 0.25) is 0 Å². The first-order valence-electron chi connectivity index (χ1n) is 5.37. The molecule has 0 aliphatic carbocycles. The number of benzene rings is 1. The lowest BCUT2D eigenvalue weighted by Gasteiger charge is -2.11. The second-order valence-corrected chi connectivity index (χ2v) is 5.34. The van der Waals surface area contributed by atoms with Gasteiger partial charge >= 0.3 is 6.18 Å². The Labute approximate surface area is 117 Å². The first-order valence-corrected chi connectivity index (χ1v) is 6.63. The molecule has 1 heterocycles. The zero-order valence-corrected chi connectivity index (χ0v) is 11.5. The molecule has 2 nitrogen and oxygen atoms in total. The molecule has 2 aromatic rings. The topological polar surface area (TPSA) is 24.9 Å². The maximum absolute atomic E-state index is 12.6. The molecule has 0 saturated heterocycles. The summed E-state index contributed by atoms with van der Waals surface area (Å²) in [6.07, 6.45) is -4.40. The quantitative estimate of drug-likeness (QED) is 0.886. The SMILES string of the molecule is Cc1csc(CNc2cc(Cl)cc(C(F)(F)F)c2)n1. The molecule has 0 fully saturated rings. The Balaban J connectivity index is 2.14. The number of hydrogen-bond donors (Lipinski definition) is 1. The predicted octanol–water partition coefficient (Wildman–Crippen LogP) is 4.74. The van der Waals surface area contributed by atoms with Crippen LogP contribution in [0.2, 0.25) is 5.02 Å². The van der Waals surface area contributed by atoms with E-state index >= 15 is 0 Å². The molecule has 7 heteroatoms. The summed E-state index contributed by atoms with van der Waals surface area (Å²) in [7, 11) is 0. The van der Waals surface area contributed by atoms with Gasteiger partial charge in [0, 0.05) is 21.8 Å². The van der Waals surface area contributed by atoms with Gasteiger partial charge in [-0.2, -0.15) is 13.2 Å². The van der Waals surface area contributed by atoms with Gasteiger partial charge in [-0.15, -0.1) is 11.3 Å². The van der Waals surface area contributed by atoms with Crippen LogP contribution in [0.5, 0.6) is 0 Å². The Hall–Kier alpha value is -1.27. The first kappa shape index (κ1) is 14.1. The standard InChI is InChI=1S/C12H10ClF3N2S/c1-7-6-19-11(18-7)5-17-10-3-8(12(14,15)16)2-9(13)4-10/h2-4,6,17H,5H2,1H3. The summed E-state index contributed by atoms with van der Waals surface area (Å²) in [5.41, 5.74) is 0.453. The molecule has 0 spiro atoms. The smallest absolute Gasteiger partial charge is 0.378 e. The maximum Gasteiger partial charge on any atom is 0.416 e. The van der Waals surface area contributed by atoms with Crippen LogP contribution in [0, 0.1) is 6.92 Å². The van der Waals surface area contributed by atoms with Gasteiger partial charge in [-0.1, -0.05) is 11.6 Å². The third-order valence-corrected chi connectivity index (χ3v) is 3.52.